The Morgan fingerprint density at radius 2 is 2.08 bits per heavy atom. The molecule has 1 amide bonds. The molecule has 9 heteroatoms. The second-order valence-electron chi connectivity index (χ2n) is 6.22. The third-order valence-electron chi connectivity index (χ3n) is 4.50. The maximum absolute atomic E-state index is 12.1. The van der Waals surface area contributed by atoms with Crippen LogP contribution in [0.1, 0.15) is 5.56 Å². The molecule has 1 fully saturated rings. The molecule has 0 unspecified atom stereocenters. The van der Waals surface area contributed by atoms with Crippen LogP contribution < -0.4 is 10.2 Å². The van der Waals surface area contributed by atoms with E-state index in [2.05, 4.69) is 48.3 Å². The first-order valence-electron chi connectivity index (χ1n) is 8.44. The van der Waals surface area contributed by atoms with Crippen molar-refractivity contribution in [3.8, 4) is 0 Å². The van der Waals surface area contributed by atoms with Gasteiger partial charge >= 0.3 is 0 Å². The van der Waals surface area contributed by atoms with Crippen LogP contribution in [0.3, 0.4) is 0 Å². The summed E-state index contributed by atoms with van der Waals surface area (Å²) in [6.45, 7) is 5.71. The van der Waals surface area contributed by atoms with Gasteiger partial charge in [-0.1, -0.05) is 23.5 Å². The Hall–Kier alpha value is -2.65. The molecule has 1 aliphatic heterocycles. The van der Waals surface area contributed by atoms with Gasteiger partial charge < -0.3 is 4.90 Å². The molecule has 3 heterocycles. The van der Waals surface area contributed by atoms with E-state index < -0.39 is 0 Å². The fraction of sp³-hybridized carbons (Fsp3) is 0.353. The molecular formula is C17H19N7OS. The summed E-state index contributed by atoms with van der Waals surface area (Å²) >= 11 is 1.32. The van der Waals surface area contributed by atoms with E-state index >= 15 is 0 Å². The zero-order chi connectivity index (χ0) is 17.9. The van der Waals surface area contributed by atoms with Gasteiger partial charge in [0.1, 0.15) is 17.7 Å². The molecule has 1 N–H and O–H groups in total. The lowest BCUT2D eigenvalue weighted by atomic mass is 10.1. The lowest BCUT2D eigenvalue weighted by Gasteiger charge is -2.35. The van der Waals surface area contributed by atoms with Crippen LogP contribution in [0, 0.1) is 6.92 Å². The first kappa shape index (κ1) is 16.8. The number of carbonyl (C=O) groups is 1. The van der Waals surface area contributed by atoms with Crippen LogP contribution >= 0.6 is 11.3 Å². The average molecular weight is 369 g/mol. The number of benzene rings is 1. The Balaban J connectivity index is 1.40. The lowest BCUT2D eigenvalue weighted by Crippen LogP contribution is -2.49. The van der Waals surface area contributed by atoms with Crippen LogP contribution in [-0.4, -0.2) is 63.7 Å². The number of aryl methyl sites for hydroxylation is 1. The van der Waals surface area contributed by atoms with Crippen molar-refractivity contribution >= 4 is 39.1 Å². The molecule has 3 aromatic rings. The van der Waals surface area contributed by atoms with Gasteiger partial charge in [0.2, 0.25) is 11.0 Å². The molecule has 0 spiro atoms. The molecule has 8 nitrogen and oxygen atoms in total. The maximum atomic E-state index is 12.1. The van der Waals surface area contributed by atoms with Crippen LogP contribution in [0.4, 0.5) is 10.9 Å². The number of aromatic nitrogens is 4. The summed E-state index contributed by atoms with van der Waals surface area (Å²) in [6.07, 6.45) is 1.62. The lowest BCUT2D eigenvalue weighted by molar-refractivity contribution is -0.117. The number of anilines is 2. The van der Waals surface area contributed by atoms with Gasteiger partial charge in [-0.15, -0.1) is 10.2 Å². The Morgan fingerprint density at radius 3 is 2.85 bits per heavy atom. The number of nitrogens with zero attached hydrogens (tertiary/aromatic N) is 6. The number of hydrogen-bond donors (Lipinski definition) is 1. The molecule has 4 rings (SSSR count). The van der Waals surface area contributed by atoms with E-state index in [1.165, 1.54) is 16.9 Å². The quantitative estimate of drug-likeness (QED) is 0.746. The minimum Gasteiger partial charge on any atom is -0.353 e. The standard InChI is InChI=1S/C17H19N7OS/c1-12-3-2-4-13-15(12)16(19-10-18-13)24-7-5-23(6-8-24)9-14(25)21-17-22-20-11-26-17/h2-4,10-11H,5-9H2,1H3,(H,21,22,25). The van der Waals surface area contributed by atoms with E-state index in [9.17, 15) is 4.79 Å². The monoisotopic (exact) mass is 369 g/mol. The summed E-state index contributed by atoms with van der Waals surface area (Å²) in [5.74, 6) is 0.921. The van der Waals surface area contributed by atoms with Crippen molar-refractivity contribution in [2.24, 2.45) is 0 Å². The third kappa shape index (κ3) is 3.49. The summed E-state index contributed by atoms with van der Waals surface area (Å²) in [7, 11) is 0. The molecule has 0 bridgehead atoms. The van der Waals surface area contributed by atoms with E-state index in [-0.39, 0.29) is 5.91 Å². The summed E-state index contributed by atoms with van der Waals surface area (Å²) in [5, 5.41) is 12.0. The molecule has 134 valence electrons. The zero-order valence-electron chi connectivity index (χ0n) is 14.4. The molecule has 1 aliphatic rings. The zero-order valence-corrected chi connectivity index (χ0v) is 15.2. The van der Waals surface area contributed by atoms with Crippen molar-refractivity contribution in [3.05, 3.63) is 35.6 Å². The Morgan fingerprint density at radius 1 is 1.23 bits per heavy atom. The largest absolute Gasteiger partial charge is 0.353 e. The highest BCUT2D eigenvalue weighted by Gasteiger charge is 2.22. The molecule has 1 saturated heterocycles. The topological polar surface area (TPSA) is 87.1 Å². The number of carbonyl (C=O) groups excluding carboxylic acids is 1. The van der Waals surface area contributed by atoms with Crippen molar-refractivity contribution in [1.29, 1.82) is 0 Å². The van der Waals surface area contributed by atoms with Gasteiger partial charge in [-0.05, 0) is 18.6 Å². The molecule has 2 aromatic heterocycles. The highest BCUT2D eigenvalue weighted by molar-refractivity contribution is 7.13. The van der Waals surface area contributed by atoms with Crippen molar-refractivity contribution in [2.45, 2.75) is 6.92 Å². The fourth-order valence-electron chi connectivity index (χ4n) is 3.21. The minimum absolute atomic E-state index is 0.0569. The van der Waals surface area contributed by atoms with Gasteiger partial charge in [-0.2, -0.15) is 0 Å². The molecule has 1 aromatic carbocycles. The van der Waals surface area contributed by atoms with Crippen molar-refractivity contribution < 1.29 is 4.79 Å². The van der Waals surface area contributed by atoms with Gasteiger partial charge in [0, 0.05) is 31.6 Å². The van der Waals surface area contributed by atoms with Gasteiger partial charge in [0.05, 0.1) is 12.1 Å². The van der Waals surface area contributed by atoms with Crippen LogP contribution in [-0.2, 0) is 4.79 Å². The number of fused-ring (bicyclic) bond motifs is 1. The Labute approximate surface area is 154 Å². The SMILES string of the molecule is Cc1cccc2ncnc(N3CCN(CC(=O)Nc4nncs4)CC3)c12. The molecule has 0 radical (unpaired) electrons. The molecular weight excluding hydrogens is 350 g/mol. The second-order valence-corrected chi connectivity index (χ2v) is 7.05. The summed E-state index contributed by atoms with van der Waals surface area (Å²) in [4.78, 5) is 25.4. The Kier molecular flexibility index (Phi) is 4.72. The molecule has 0 aliphatic carbocycles. The fourth-order valence-corrected chi connectivity index (χ4v) is 3.67. The third-order valence-corrected chi connectivity index (χ3v) is 5.10. The van der Waals surface area contributed by atoms with Crippen LogP contribution in [0.2, 0.25) is 0 Å². The van der Waals surface area contributed by atoms with Crippen molar-refractivity contribution in [3.63, 3.8) is 0 Å². The highest BCUT2D eigenvalue weighted by Crippen LogP contribution is 2.26. The van der Waals surface area contributed by atoms with E-state index in [1.807, 2.05) is 12.1 Å². The number of piperazine rings is 1. The second kappa shape index (κ2) is 7.30. The van der Waals surface area contributed by atoms with Gasteiger partial charge in [0.25, 0.3) is 0 Å². The van der Waals surface area contributed by atoms with E-state index in [4.69, 9.17) is 0 Å². The van der Waals surface area contributed by atoms with E-state index in [0.29, 0.717) is 11.7 Å². The first-order valence-corrected chi connectivity index (χ1v) is 9.32. The highest BCUT2D eigenvalue weighted by atomic mass is 32.1. The van der Waals surface area contributed by atoms with E-state index in [1.54, 1.807) is 11.8 Å². The smallest absolute Gasteiger partial charge is 0.240 e. The number of amides is 1. The predicted octanol–water partition coefficient (Wildman–Crippen LogP) is 1.55. The summed E-state index contributed by atoms with van der Waals surface area (Å²) in [6, 6.07) is 6.12. The van der Waals surface area contributed by atoms with Crippen LogP contribution in [0.25, 0.3) is 10.9 Å². The van der Waals surface area contributed by atoms with Gasteiger partial charge in [0.15, 0.2) is 0 Å². The van der Waals surface area contributed by atoms with Gasteiger partial charge in [-0.25, -0.2) is 9.97 Å². The van der Waals surface area contributed by atoms with Gasteiger partial charge in [-0.3, -0.25) is 15.0 Å². The van der Waals surface area contributed by atoms with Crippen molar-refractivity contribution in [1.82, 2.24) is 25.1 Å². The minimum atomic E-state index is -0.0569. The summed E-state index contributed by atoms with van der Waals surface area (Å²) < 4.78 is 0. The normalized spacial score (nSPS) is 15.3. The molecule has 0 atom stereocenters. The summed E-state index contributed by atoms with van der Waals surface area (Å²) in [5.41, 5.74) is 3.74. The van der Waals surface area contributed by atoms with Crippen LogP contribution in [0.5, 0.6) is 0 Å². The van der Waals surface area contributed by atoms with E-state index in [0.717, 1.165) is 42.9 Å². The number of hydrogen-bond acceptors (Lipinski definition) is 8. The Bertz CT molecular complexity index is 901. The first-order chi connectivity index (χ1) is 12.7. The van der Waals surface area contributed by atoms with Crippen LogP contribution in [0.15, 0.2) is 30.0 Å². The van der Waals surface area contributed by atoms with Crippen molar-refractivity contribution in [2.75, 3.05) is 42.9 Å². The number of rotatable bonds is 4. The molecule has 0 saturated carbocycles. The molecule has 26 heavy (non-hydrogen) atoms. The predicted molar refractivity (Wildman–Crippen MR) is 101 cm³/mol. The number of nitrogens with one attached hydrogen (secondary N) is 1. The average Bonchev–Trinajstić information content (AvgIpc) is 3.15. The maximum Gasteiger partial charge on any atom is 0.240 e.